The van der Waals surface area contributed by atoms with Crippen molar-refractivity contribution in [2.24, 2.45) is 11.8 Å². The second-order valence-corrected chi connectivity index (χ2v) is 6.90. The number of rotatable bonds is 6. The van der Waals surface area contributed by atoms with Crippen molar-refractivity contribution in [3.05, 3.63) is 11.9 Å². The monoisotopic (exact) mass is 277 g/mol. The minimum absolute atomic E-state index is 0.621. The van der Waals surface area contributed by atoms with Crippen molar-refractivity contribution < 1.29 is 0 Å². The van der Waals surface area contributed by atoms with Crippen LogP contribution in [-0.2, 0) is 6.54 Å². The second-order valence-electron chi connectivity index (χ2n) is 6.90. The summed E-state index contributed by atoms with van der Waals surface area (Å²) in [5.41, 5.74) is 1.12. The molecule has 3 nitrogen and oxygen atoms in total. The number of nitrogens with one attached hydrogen (secondary N) is 1. The second kappa shape index (κ2) is 7.14. The van der Waals surface area contributed by atoms with Crippen LogP contribution >= 0.6 is 0 Å². The molecule has 0 aliphatic heterocycles. The highest BCUT2D eigenvalue weighted by Gasteiger charge is 2.21. The minimum Gasteiger partial charge on any atom is -0.353 e. The number of aromatic nitrogens is 2. The predicted octanol–water partition coefficient (Wildman–Crippen LogP) is 4.62. The standard InChI is InChI=1S/C17H31N3/c1-5-6-15-7-9-16(10-8-15)19-17-18-14(4)12-20(17)11-13(2)3/h12-13,15-16H,5-11H2,1-4H3,(H,18,19). The third-order valence-corrected chi connectivity index (χ3v) is 4.34. The number of hydrogen-bond acceptors (Lipinski definition) is 2. The first kappa shape index (κ1) is 15.4. The molecule has 1 heterocycles. The molecule has 1 aromatic rings. The van der Waals surface area contributed by atoms with E-state index in [0.717, 1.165) is 24.1 Å². The molecule has 0 unspecified atom stereocenters. The van der Waals surface area contributed by atoms with E-state index < -0.39 is 0 Å². The molecule has 0 atom stereocenters. The van der Waals surface area contributed by atoms with Gasteiger partial charge in [-0.15, -0.1) is 0 Å². The van der Waals surface area contributed by atoms with Gasteiger partial charge < -0.3 is 9.88 Å². The van der Waals surface area contributed by atoms with Crippen LogP contribution in [0.3, 0.4) is 0 Å². The summed E-state index contributed by atoms with van der Waals surface area (Å²) in [6, 6.07) is 0.621. The summed E-state index contributed by atoms with van der Waals surface area (Å²) >= 11 is 0. The molecule has 0 aromatic carbocycles. The first-order chi connectivity index (χ1) is 9.58. The molecule has 3 heteroatoms. The van der Waals surface area contributed by atoms with Crippen molar-refractivity contribution in [2.45, 2.75) is 78.8 Å². The zero-order chi connectivity index (χ0) is 14.5. The first-order valence-corrected chi connectivity index (χ1v) is 8.38. The fourth-order valence-corrected chi connectivity index (χ4v) is 3.38. The highest BCUT2D eigenvalue weighted by molar-refractivity contribution is 5.30. The van der Waals surface area contributed by atoms with Crippen molar-refractivity contribution in [3.63, 3.8) is 0 Å². The SMILES string of the molecule is CCCC1CCC(Nc2nc(C)cn2CC(C)C)CC1. The lowest BCUT2D eigenvalue weighted by Gasteiger charge is -2.29. The summed E-state index contributed by atoms with van der Waals surface area (Å²) in [5, 5.41) is 3.69. The fourth-order valence-electron chi connectivity index (χ4n) is 3.38. The summed E-state index contributed by atoms with van der Waals surface area (Å²) < 4.78 is 2.29. The van der Waals surface area contributed by atoms with E-state index in [4.69, 9.17) is 0 Å². The van der Waals surface area contributed by atoms with Crippen LogP contribution in [0.15, 0.2) is 6.20 Å². The molecule has 1 fully saturated rings. The van der Waals surface area contributed by atoms with E-state index in [1.165, 1.54) is 38.5 Å². The Kier molecular flexibility index (Phi) is 5.50. The Morgan fingerprint density at radius 2 is 2.00 bits per heavy atom. The van der Waals surface area contributed by atoms with Crippen LogP contribution in [0.5, 0.6) is 0 Å². The zero-order valence-electron chi connectivity index (χ0n) is 13.7. The average Bonchev–Trinajstić information content (AvgIpc) is 2.71. The maximum absolute atomic E-state index is 4.66. The Labute approximate surface area is 124 Å². The molecule has 0 amide bonds. The number of nitrogens with zero attached hydrogens (tertiary/aromatic N) is 2. The molecule has 0 saturated heterocycles. The average molecular weight is 277 g/mol. The van der Waals surface area contributed by atoms with Crippen LogP contribution in [0.2, 0.25) is 0 Å². The summed E-state index contributed by atoms with van der Waals surface area (Å²) in [4.78, 5) is 4.66. The van der Waals surface area contributed by atoms with Gasteiger partial charge >= 0.3 is 0 Å². The molecule has 20 heavy (non-hydrogen) atoms. The molecule has 1 aliphatic carbocycles. The molecule has 1 aliphatic rings. The van der Waals surface area contributed by atoms with Gasteiger partial charge in [0, 0.05) is 18.8 Å². The fraction of sp³-hybridized carbons (Fsp3) is 0.824. The molecule has 0 bridgehead atoms. The Morgan fingerprint density at radius 3 is 2.60 bits per heavy atom. The third kappa shape index (κ3) is 4.26. The molecule has 114 valence electrons. The Hall–Kier alpha value is -0.990. The van der Waals surface area contributed by atoms with Crippen molar-refractivity contribution >= 4 is 5.95 Å². The Morgan fingerprint density at radius 1 is 1.30 bits per heavy atom. The molecule has 0 radical (unpaired) electrons. The predicted molar refractivity (Wildman–Crippen MR) is 86.1 cm³/mol. The maximum Gasteiger partial charge on any atom is 0.203 e. The zero-order valence-corrected chi connectivity index (χ0v) is 13.7. The van der Waals surface area contributed by atoms with E-state index in [1.807, 2.05) is 0 Å². The van der Waals surface area contributed by atoms with Crippen molar-refractivity contribution in [3.8, 4) is 0 Å². The van der Waals surface area contributed by atoms with Crippen molar-refractivity contribution in [1.29, 1.82) is 0 Å². The molecule has 0 spiro atoms. The number of anilines is 1. The number of imidazole rings is 1. The highest BCUT2D eigenvalue weighted by atomic mass is 15.2. The van der Waals surface area contributed by atoms with Gasteiger partial charge in [0.1, 0.15) is 0 Å². The third-order valence-electron chi connectivity index (χ3n) is 4.34. The van der Waals surface area contributed by atoms with Crippen LogP contribution in [0.1, 0.15) is 65.0 Å². The highest BCUT2D eigenvalue weighted by Crippen LogP contribution is 2.29. The molecule has 1 N–H and O–H groups in total. The Balaban J connectivity index is 1.90. The summed E-state index contributed by atoms with van der Waals surface area (Å²) in [6.45, 7) is 9.95. The largest absolute Gasteiger partial charge is 0.353 e. The lowest BCUT2D eigenvalue weighted by Crippen LogP contribution is -2.27. The van der Waals surface area contributed by atoms with Gasteiger partial charge in [-0.05, 0) is 44.4 Å². The van der Waals surface area contributed by atoms with Crippen LogP contribution in [0.25, 0.3) is 0 Å². The van der Waals surface area contributed by atoms with Gasteiger partial charge in [0.15, 0.2) is 0 Å². The van der Waals surface area contributed by atoms with Crippen LogP contribution < -0.4 is 5.32 Å². The van der Waals surface area contributed by atoms with Crippen LogP contribution in [-0.4, -0.2) is 15.6 Å². The topological polar surface area (TPSA) is 29.9 Å². The van der Waals surface area contributed by atoms with E-state index in [9.17, 15) is 0 Å². The van der Waals surface area contributed by atoms with Crippen LogP contribution in [0, 0.1) is 18.8 Å². The number of hydrogen-bond donors (Lipinski definition) is 1. The first-order valence-electron chi connectivity index (χ1n) is 8.38. The van der Waals surface area contributed by atoms with Crippen LogP contribution in [0.4, 0.5) is 5.95 Å². The van der Waals surface area contributed by atoms with Gasteiger partial charge in [-0.3, -0.25) is 0 Å². The lowest BCUT2D eigenvalue weighted by atomic mass is 9.83. The van der Waals surface area contributed by atoms with Crippen molar-refractivity contribution in [1.82, 2.24) is 9.55 Å². The molecule has 1 saturated carbocycles. The Bertz CT molecular complexity index is 400. The number of aryl methyl sites for hydroxylation is 1. The molecule has 2 rings (SSSR count). The van der Waals surface area contributed by atoms with Gasteiger partial charge in [0.05, 0.1) is 5.69 Å². The minimum atomic E-state index is 0.621. The van der Waals surface area contributed by atoms with Gasteiger partial charge in [0.2, 0.25) is 5.95 Å². The summed E-state index contributed by atoms with van der Waals surface area (Å²) in [7, 11) is 0. The smallest absolute Gasteiger partial charge is 0.203 e. The van der Waals surface area contributed by atoms with Crippen molar-refractivity contribution in [2.75, 3.05) is 5.32 Å². The molecule has 1 aromatic heterocycles. The lowest BCUT2D eigenvalue weighted by molar-refractivity contribution is 0.317. The van der Waals surface area contributed by atoms with E-state index in [1.54, 1.807) is 0 Å². The van der Waals surface area contributed by atoms with E-state index in [2.05, 4.69) is 48.8 Å². The maximum atomic E-state index is 4.66. The molecular weight excluding hydrogens is 246 g/mol. The summed E-state index contributed by atoms with van der Waals surface area (Å²) in [5.74, 6) is 2.70. The normalized spacial score (nSPS) is 23.2. The van der Waals surface area contributed by atoms with E-state index >= 15 is 0 Å². The van der Waals surface area contributed by atoms with Gasteiger partial charge in [-0.25, -0.2) is 4.98 Å². The van der Waals surface area contributed by atoms with E-state index in [-0.39, 0.29) is 0 Å². The van der Waals surface area contributed by atoms with Gasteiger partial charge in [-0.1, -0.05) is 33.6 Å². The van der Waals surface area contributed by atoms with E-state index in [0.29, 0.717) is 12.0 Å². The van der Waals surface area contributed by atoms with Gasteiger partial charge in [-0.2, -0.15) is 0 Å². The van der Waals surface area contributed by atoms with Gasteiger partial charge in [0.25, 0.3) is 0 Å². The molecular formula is C17H31N3. The quantitative estimate of drug-likeness (QED) is 0.822. The summed E-state index contributed by atoms with van der Waals surface area (Å²) in [6.07, 6.45) is 10.3.